The summed E-state index contributed by atoms with van der Waals surface area (Å²) in [6.45, 7) is 15.1. The van der Waals surface area contributed by atoms with E-state index >= 15 is 4.39 Å². The number of allylic oxidation sites excluding steroid dienone is 1. The van der Waals surface area contributed by atoms with Crippen molar-refractivity contribution in [3.8, 4) is 0 Å². The van der Waals surface area contributed by atoms with Crippen LogP contribution in [0.25, 0.3) is 0 Å². The normalized spacial score (nSPS) is 21.4. The van der Waals surface area contributed by atoms with Gasteiger partial charge in [0.1, 0.15) is 18.8 Å². The van der Waals surface area contributed by atoms with E-state index in [9.17, 15) is 13.8 Å². The van der Waals surface area contributed by atoms with Crippen LogP contribution >= 0.6 is 0 Å². The zero-order chi connectivity index (χ0) is 27.0. The predicted molar refractivity (Wildman–Crippen MR) is 139 cm³/mol. The van der Waals surface area contributed by atoms with Crippen molar-refractivity contribution in [2.75, 3.05) is 13.2 Å². The number of carbonyl (C=O) groups excluding carboxylic acids is 2. The van der Waals surface area contributed by atoms with Gasteiger partial charge in [0, 0.05) is 30.7 Å². The quantitative estimate of drug-likeness (QED) is 0.458. The molecule has 202 valence electrons. The summed E-state index contributed by atoms with van der Waals surface area (Å²) in [5.41, 5.74) is 0.713. The summed E-state index contributed by atoms with van der Waals surface area (Å²) in [6, 6.07) is 7.91. The third kappa shape index (κ3) is 8.38. The van der Waals surface area contributed by atoms with Crippen LogP contribution < -0.4 is 10.0 Å². The zero-order valence-electron chi connectivity index (χ0n) is 22.1. The van der Waals surface area contributed by atoms with Crippen LogP contribution in [0.4, 0.5) is 9.18 Å². The van der Waals surface area contributed by atoms with E-state index in [1.54, 1.807) is 13.8 Å². The lowest BCUT2D eigenvalue weighted by Crippen LogP contribution is -2.48. The van der Waals surface area contributed by atoms with Crippen molar-refractivity contribution >= 4 is 23.0 Å². The first kappa shape index (κ1) is 29.9. The molecule has 1 aromatic carbocycles. The number of ether oxygens (including phenoxy) is 2. The maximum atomic E-state index is 15.2. The molecule has 1 saturated heterocycles. The SMILES string of the molecule is C=C(NC(=O)[C@H]1C[C@@H](OCC)CN1C(=O)OCc1ccccc1)C(F)C(C)C(C)NS(=O)C(C)(C)C. The van der Waals surface area contributed by atoms with Gasteiger partial charge in [-0.15, -0.1) is 0 Å². The van der Waals surface area contributed by atoms with E-state index in [1.165, 1.54) is 4.90 Å². The first-order chi connectivity index (χ1) is 16.8. The minimum atomic E-state index is -1.59. The average Bonchev–Trinajstić information content (AvgIpc) is 3.26. The number of benzene rings is 1. The molecule has 1 heterocycles. The Morgan fingerprint density at radius 1 is 1.25 bits per heavy atom. The third-order valence-corrected chi connectivity index (χ3v) is 7.82. The summed E-state index contributed by atoms with van der Waals surface area (Å²) in [5, 5.41) is 2.55. The Labute approximate surface area is 216 Å². The first-order valence-electron chi connectivity index (χ1n) is 12.3. The Hall–Kier alpha value is -2.30. The van der Waals surface area contributed by atoms with E-state index in [2.05, 4.69) is 16.6 Å². The highest BCUT2D eigenvalue weighted by Crippen LogP contribution is 2.24. The van der Waals surface area contributed by atoms with Crippen molar-refractivity contribution in [3.05, 3.63) is 48.2 Å². The monoisotopic (exact) mass is 525 g/mol. The number of carbonyl (C=O) groups is 2. The van der Waals surface area contributed by atoms with Gasteiger partial charge < -0.3 is 14.8 Å². The number of amides is 2. The van der Waals surface area contributed by atoms with E-state index in [-0.39, 0.29) is 31.4 Å². The van der Waals surface area contributed by atoms with Crippen LogP contribution in [0.15, 0.2) is 42.6 Å². The smallest absolute Gasteiger partial charge is 0.410 e. The number of alkyl halides is 1. The summed E-state index contributed by atoms with van der Waals surface area (Å²) in [7, 11) is -1.37. The number of rotatable bonds is 11. The standard InChI is InChI=1S/C26H40FN3O5S/c1-8-34-21-14-22(30(15-21)25(32)35-16-20-12-10-9-11-13-20)24(31)28-19(4)23(27)17(2)18(3)29-36(33)26(5,6)7/h9-13,17-18,21-23,29H,4,8,14-16H2,1-3,5-7H3,(H,28,31)/t17?,18?,21-,22-,23?,36?/m1/s1. The second-order valence-corrected chi connectivity index (χ2v) is 12.1. The molecule has 1 aliphatic rings. The maximum absolute atomic E-state index is 15.2. The molecular formula is C26H40FN3O5S. The van der Waals surface area contributed by atoms with E-state index in [1.807, 2.05) is 58.0 Å². The Kier molecular flexibility index (Phi) is 11.1. The Balaban J connectivity index is 2.01. The van der Waals surface area contributed by atoms with Gasteiger partial charge in [-0.3, -0.25) is 9.69 Å². The zero-order valence-corrected chi connectivity index (χ0v) is 22.9. The van der Waals surface area contributed by atoms with E-state index in [0.29, 0.717) is 6.61 Å². The van der Waals surface area contributed by atoms with Gasteiger partial charge in [-0.2, -0.15) is 0 Å². The molecule has 2 amide bonds. The Morgan fingerprint density at radius 2 is 1.89 bits per heavy atom. The van der Waals surface area contributed by atoms with Crippen molar-refractivity contribution in [1.29, 1.82) is 0 Å². The molecule has 0 spiro atoms. The van der Waals surface area contributed by atoms with Gasteiger partial charge in [0.15, 0.2) is 0 Å². The molecule has 0 saturated carbocycles. The van der Waals surface area contributed by atoms with Crippen LogP contribution in [0.1, 0.15) is 53.5 Å². The Morgan fingerprint density at radius 3 is 2.47 bits per heavy atom. The second kappa shape index (κ2) is 13.3. The lowest BCUT2D eigenvalue weighted by atomic mass is 9.97. The van der Waals surface area contributed by atoms with Gasteiger partial charge in [0.25, 0.3) is 0 Å². The highest BCUT2D eigenvalue weighted by Gasteiger charge is 2.41. The molecule has 2 N–H and O–H groups in total. The van der Waals surface area contributed by atoms with Gasteiger partial charge in [-0.25, -0.2) is 18.1 Å². The summed E-state index contributed by atoms with van der Waals surface area (Å²) >= 11 is 0. The van der Waals surface area contributed by atoms with Crippen LogP contribution in [-0.2, 0) is 31.9 Å². The molecule has 0 bridgehead atoms. The third-order valence-electron chi connectivity index (χ3n) is 6.12. The lowest BCUT2D eigenvalue weighted by Gasteiger charge is -2.29. The molecule has 36 heavy (non-hydrogen) atoms. The highest BCUT2D eigenvalue weighted by molar-refractivity contribution is 7.84. The molecule has 6 atom stereocenters. The predicted octanol–water partition coefficient (Wildman–Crippen LogP) is 3.85. The molecule has 4 unspecified atom stereocenters. The minimum absolute atomic E-state index is 0.0708. The van der Waals surface area contributed by atoms with Gasteiger partial charge in [0.05, 0.1) is 28.4 Å². The molecule has 10 heteroatoms. The van der Waals surface area contributed by atoms with Gasteiger partial charge in [0.2, 0.25) is 5.91 Å². The minimum Gasteiger partial charge on any atom is -0.445 e. The van der Waals surface area contributed by atoms with E-state index in [0.717, 1.165) is 5.56 Å². The number of likely N-dealkylation sites (tertiary alicyclic amines) is 1. The van der Waals surface area contributed by atoms with Crippen molar-refractivity contribution in [2.45, 2.75) is 83.7 Å². The molecular weight excluding hydrogens is 485 g/mol. The van der Waals surface area contributed by atoms with Crippen LogP contribution in [0.3, 0.4) is 0 Å². The molecule has 0 aliphatic carbocycles. The summed E-state index contributed by atoms with van der Waals surface area (Å²) < 4.78 is 41.1. The van der Waals surface area contributed by atoms with Crippen LogP contribution in [0.2, 0.25) is 0 Å². The fourth-order valence-corrected chi connectivity index (χ4v) is 4.65. The summed E-state index contributed by atoms with van der Waals surface area (Å²) in [6.07, 6.45) is -2.29. The Bertz CT molecular complexity index is 924. The lowest BCUT2D eigenvalue weighted by molar-refractivity contribution is -0.124. The van der Waals surface area contributed by atoms with Crippen LogP contribution in [0, 0.1) is 5.92 Å². The molecule has 8 nitrogen and oxygen atoms in total. The van der Waals surface area contributed by atoms with Gasteiger partial charge >= 0.3 is 6.09 Å². The first-order valence-corrected chi connectivity index (χ1v) is 13.4. The molecule has 1 aromatic rings. The highest BCUT2D eigenvalue weighted by atomic mass is 32.2. The number of halogens is 1. The molecule has 1 fully saturated rings. The topological polar surface area (TPSA) is 97.0 Å². The number of hydrogen-bond acceptors (Lipinski definition) is 5. The average molecular weight is 526 g/mol. The largest absolute Gasteiger partial charge is 0.445 e. The number of nitrogens with one attached hydrogen (secondary N) is 2. The van der Waals surface area contributed by atoms with Crippen molar-refractivity contribution in [1.82, 2.24) is 14.9 Å². The molecule has 0 radical (unpaired) electrons. The maximum Gasteiger partial charge on any atom is 0.410 e. The fraction of sp³-hybridized carbons (Fsp3) is 0.615. The van der Waals surface area contributed by atoms with Crippen molar-refractivity contribution < 1.29 is 27.7 Å². The van der Waals surface area contributed by atoms with Crippen molar-refractivity contribution in [3.63, 3.8) is 0 Å². The van der Waals surface area contributed by atoms with E-state index < -0.39 is 51.9 Å². The van der Waals surface area contributed by atoms with Gasteiger partial charge in [-0.05, 0) is 40.2 Å². The van der Waals surface area contributed by atoms with Gasteiger partial charge in [-0.1, -0.05) is 43.8 Å². The molecule has 2 rings (SSSR count). The fourth-order valence-electron chi connectivity index (χ4n) is 3.74. The van der Waals surface area contributed by atoms with Crippen molar-refractivity contribution in [2.24, 2.45) is 5.92 Å². The number of hydrogen-bond donors (Lipinski definition) is 2. The second-order valence-electron chi connectivity index (χ2n) is 10.1. The summed E-state index contributed by atoms with van der Waals surface area (Å²) in [5.74, 6) is -1.16. The van der Waals surface area contributed by atoms with Crippen LogP contribution in [0.5, 0.6) is 0 Å². The molecule has 1 aliphatic heterocycles. The van der Waals surface area contributed by atoms with E-state index in [4.69, 9.17) is 9.47 Å². The molecule has 0 aromatic heterocycles. The summed E-state index contributed by atoms with van der Waals surface area (Å²) in [4.78, 5) is 27.2. The van der Waals surface area contributed by atoms with Crippen LogP contribution in [-0.4, -0.2) is 63.4 Å². The number of nitrogens with zero attached hydrogens (tertiary/aromatic N) is 1.